The topological polar surface area (TPSA) is 109 Å². The van der Waals surface area contributed by atoms with Crippen molar-refractivity contribution >= 4 is 12.0 Å². The Morgan fingerprint density at radius 2 is 2.16 bits per heavy atom. The number of amides is 2. The molecule has 106 valence electrons. The minimum Gasteiger partial charge on any atom is -0.480 e. The van der Waals surface area contributed by atoms with Crippen LogP contribution < -0.4 is 10.6 Å². The third-order valence-electron chi connectivity index (χ3n) is 2.66. The summed E-state index contributed by atoms with van der Waals surface area (Å²) in [5.74, 6) is -0.473. The highest BCUT2D eigenvalue weighted by Crippen LogP contribution is 2.01. The van der Waals surface area contributed by atoms with Gasteiger partial charge in [-0.1, -0.05) is 13.8 Å². The number of nitrogens with zero attached hydrogens (tertiary/aromatic N) is 3. The Morgan fingerprint density at radius 1 is 1.47 bits per heavy atom. The highest BCUT2D eigenvalue weighted by Gasteiger charge is 2.23. The summed E-state index contributed by atoms with van der Waals surface area (Å²) < 4.78 is 1.76. The second-order valence-electron chi connectivity index (χ2n) is 4.57. The van der Waals surface area contributed by atoms with Gasteiger partial charge in [-0.05, 0) is 5.92 Å². The van der Waals surface area contributed by atoms with Crippen LogP contribution in [0.15, 0.2) is 6.33 Å². The van der Waals surface area contributed by atoms with Crippen molar-refractivity contribution in [1.82, 2.24) is 25.4 Å². The first-order chi connectivity index (χ1) is 8.91. The maximum absolute atomic E-state index is 11.5. The molecular weight excluding hydrogens is 250 g/mol. The number of aromatic nitrogens is 3. The number of aliphatic carboxylic acids is 1. The smallest absolute Gasteiger partial charge is 0.326 e. The van der Waals surface area contributed by atoms with E-state index in [1.54, 1.807) is 24.7 Å². The van der Waals surface area contributed by atoms with E-state index in [0.717, 1.165) is 5.82 Å². The van der Waals surface area contributed by atoms with Gasteiger partial charge in [0, 0.05) is 20.0 Å². The molecule has 19 heavy (non-hydrogen) atoms. The van der Waals surface area contributed by atoms with Crippen molar-refractivity contribution in [3.05, 3.63) is 12.2 Å². The second kappa shape index (κ2) is 6.72. The van der Waals surface area contributed by atoms with Gasteiger partial charge in [0.15, 0.2) is 0 Å². The zero-order valence-electron chi connectivity index (χ0n) is 11.3. The molecule has 0 aliphatic heterocycles. The van der Waals surface area contributed by atoms with Crippen molar-refractivity contribution in [1.29, 1.82) is 0 Å². The van der Waals surface area contributed by atoms with Crippen LogP contribution in [0.5, 0.6) is 0 Å². The molecule has 1 aromatic heterocycles. The fourth-order valence-electron chi connectivity index (χ4n) is 1.53. The fourth-order valence-corrected chi connectivity index (χ4v) is 1.53. The van der Waals surface area contributed by atoms with Gasteiger partial charge in [0.1, 0.15) is 18.2 Å². The monoisotopic (exact) mass is 269 g/mol. The molecule has 1 atom stereocenters. The first-order valence-corrected chi connectivity index (χ1v) is 6.02. The van der Waals surface area contributed by atoms with Gasteiger partial charge < -0.3 is 20.3 Å². The quantitative estimate of drug-likeness (QED) is 0.660. The zero-order valence-corrected chi connectivity index (χ0v) is 11.3. The first kappa shape index (κ1) is 14.9. The van der Waals surface area contributed by atoms with Crippen LogP contribution in [0, 0.1) is 5.92 Å². The van der Waals surface area contributed by atoms with Crippen molar-refractivity contribution < 1.29 is 14.7 Å². The minimum atomic E-state index is -1.04. The first-order valence-electron chi connectivity index (χ1n) is 6.02. The van der Waals surface area contributed by atoms with Crippen molar-refractivity contribution in [2.75, 3.05) is 6.54 Å². The summed E-state index contributed by atoms with van der Waals surface area (Å²) >= 11 is 0. The third-order valence-corrected chi connectivity index (χ3v) is 2.66. The van der Waals surface area contributed by atoms with E-state index in [0.29, 0.717) is 13.0 Å². The van der Waals surface area contributed by atoms with Gasteiger partial charge in [-0.3, -0.25) is 0 Å². The number of nitrogens with one attached hydrogen (secondary N) is 2. The largest absolute Gasteiger partial charge is 0.480 e. The number of urea groups is 1. The maximum Gasteiger partial charge on any atom is 0.326 e. The molecule has 0 saturated heterocycles. The molecule has 0 saturated carbocycles. The van der Waals surface area contributed by atoms with Gasteiger partial charge in [0.25, 0.3) is 0 Å². The van der Waals surface area contributed by atoms with Crippen molar-refractivity contribution in [3.63, 3.8) is 0 Å². The molecule has 0 bridgehead atoms. The summed E-state index contributed by atoms with van der Waals surface area (Å²) in [6, 6.07) is -1.39. The number of aryl methyl sites for hydroxylation is 1. The number of hydrogen-bond acceptors (Lipinski definition) is 4. The minimum absolute atomic E-state index is 0.179. The normalized spacial score (nSPS) is 12.2. The maximum atomic E-state index is 11.5. The molecular formula is C11H19N5O3. The number of hydrogen-bond donors (Lipinski definition) is 3. The van der Waals surface area contributed by atoms with E-state index in [-0.39, 0.29) is 5.92 Å². The highest BCUT2D eigenvalue weighted by molar-refractivity contribution is 5.82. The molecule has 1 aromatic rings. The standard InChI is InChI=1S/C11H19N5O3/c1-7(2)9(10(17)18)14-11(19)12-5-4-8-15-13-6-16(8)3/h6-7,9H,4-5H2,1-3H3,(H,17,18)(H2,12,14,19)/t9-/m1/s1. The van der Waals surface area contributed by atoms with E-state index >= 15 is 0 Å². The van der Waals surface area contributed by atoms with Crippen LogP contribution >= 0.6 is 0 Å². The summed E-state index contributed by atoms with van der Waals surface area (Å²) in [4.78, 5) is 22.5. The molecule has 0 unspecified atom stereocenters. The summed E-state index contributed by atoms with van der Waals surface area (Å²) in [6.45, 7) is 3.83. The zero-order chi connectivity index (χ0) is 14.4. The number of carbonyl (C=O) groups is 2. The molecule has 8 nitrogen and oxygen atoms in total. The van der Waals surface area contributed by atoms with Gasteiger partial charge in [-0.25, -0.2) is 9.59 Å². The molecule has 0 spiro atoms. The van der Waals surface area contributed by atoms with Crippen LogP contribution in [-0.4, -0.2) is 44.5 Å². The number of carboxylic acid groups (broad SMARTS) is 1. The highest BCUT2D eigenvalue weighted by atomic mass is 16.4. The lowest BCUT2D eigenvalue weighted by Gasteiger charge is -2.18. The Labute approximate surface area is 111 Å². The van der Waals surface area contributed by atoms with Gasteiger partial charge in [0.2, 0.25) is 0 Å². The molecule has 0 aliphatic rings. The summed E-state index contributed by atoms with van der Waals surface area (Å²) in [5, 5.41) is 21.6. The third kappa shape index (κ3) is 4.57. The lowest BCUT2D eigenvalue weighted by Crippen LogP contribution is -2.49. The Morgan fingerprint density at radius 3 is 2.63 bits per heavy atom. The van der Waals surface area contributed by atoms with E-state index in [1.807, 2.05) is 7.05 Å². The molecule has 0 aromatic carbocycles. The van der Waals surface area contributed by atoms with Crippen LogP contribution in [0.3, 0.4) is 0 Å². The van der Waals surface area contributed by atoms with Crippen LogP contribution in [0.2, 0.25) is 0 Å². The molecule has 1 rings (SSSR count). The lowest BCUT2D eigenvalue weighted by atomic mass is 10.1. The fraction of sp³-hybridized carbons (Fsp3) is 0.636. The van der Waals surface area contributed by atoms with Crippen molar-refractivity contribution in [2.45, 2.75) is 26.3 Å². The van der Waals surface area contributed by atoms with Gasteiger partial charge >= 0.3 is 12.0 Å². The summed E-state index contributed by atoms with van der Waals surface area (Å²) in [6.07, 6.45) is 2.11. The van der Waals surface area contributed by atoms with Crippen LogP contribution in [-0.2, 0) is 18.3 Å². The van der Waals surface area contributed by atoms with Gasteiger partial charge in [-0.2, -0.15) is 0 Å². The summed E-state index contributed by atoms with van der Waals surface area (Å²) in [7, 11) is 1.81. The molecule has 0 aliphatic carbocycles. The van der Waals surface area contributed by atoms with E-state index < -0.39 is 18.0 Å². The SMILES string of the molecule is CC(C)[C@@H](NC(=O)NCCc1nncn1C)C(=O)O. The molecule has 1 heterocycles. The van der Waals surface area contributed by atoms with Crippen molar-refractivity contribution in [2.24, 2.45) is 13.0 Å². The number of carboxylic acids is 1. The Bertz CT molecular complexity index is 443. The molecule has 3 N–H and O–H groups in total. The molecule has 8 heteroatoms. The number of rotatable bonds is 6. The average molecular weight is 269 g/mol. The van der Waals surface area contributed by atoms with Crippen LogP contribution in [0.25, 0.3) is 0 Å². The van der Waals surface area contributed by atoms with E-state index in [1.165, 1.54) is 0 Å². The van der Waals surface area contributed by atoms with E-state index in [2.05, 4.69) is 20.8 Å². The predicted octanol–water partition coefficient (Wildman–Crippen LogP) is -0.234. The Balaban J connectivity index is 2.35. The van der Waals surface area contributed by atoms with E-state index in [4.69, 9.17) is 5.11 Å². The van der Waals surface area contributed by atoms with Gasteiger partial charge in [0.05, 0.1) is 0 Å². The molecule has 2 amide bonds. The van der Waals surface area contributed by atoms with Crippen LogP contribution in [0.4, 0.5) is 4.79 Å². The average Bonchev–Trinajstić information content (AvgIpc) is 2.71. The molecule has 0 radical (unpaired) electrons. The Hall–Kier alpha value is -2.12. The second-order valence-corrected chi connectivity index (χ2v) is 4.57. The Kier molecular flexibility index (Phi) is 5.28. The van der Waals surface area contributed by atoms with Gasteiger partial charge in [-0.15, -0.1) is 10.2 Å². The molecule has 0 fully saturated rings. The van der Waals surface area contributed by atoms with Crippen LogP contribution in [0.1, 0.15) is 19.7 Å². The van der Waals surface area contributed by atoms with Crippen molar-refractivity contribution in [3.8, 4) is 0 Å². The summed E-state index contributed by atoms with van der Waals surface area (Å²) in [5.41, 5.74) is 0. The number of carbonyl (C=O) groups excluding carboxylic acids is 1. The predicted molar refractivity (Wildman–Crippen MR) is 67.5 cm³/mol. The lowest BCUT2D eigenvalue weighted by molar-refractivity contribution is -0.140. The van der Waals surface area contributed by atoms with E-state index in [9.17, 15) is 9.59 Å².